The van der Waals surface area contributed by atoms with Crippen molar-refractivity contribution >= 4 is 28.3 Å². The van der Waals surface area contributed by atoms with Crippen molar-refractivity contribution in [2.24, 2.45) is 0 Å². The van der Waals surface area contributed by atoms with Crippen molar-refractivity contribution in [1.82, 2.24) is 5.32 Å². The van der Waals surface area contributed by atoms with Crippen LogP contribution in [0.3, 0.4) is 0 Å². The van der Waals surface area contributed by atoms with E-state index in [2.05, 4.69) is 21.2 Å². The minimum Gasteiger partial charge on any atom is -0.310 e. The lowest BCUT2D eigenvalue weighted by molar-refractivity contribution is 0.355. The highest BCUT2D eigenvalue weighted by molar-refractivity contribution is 9.10. The topological polar surface area (TPSA) is 12.0 Å². The lowest BCUT2D eigenvalue weighted by Gasteiger charge is -2.28. The summed E-state index contributed by atoms with van der Waals surface area (Å²) in [6.07, 6.45) is 0.801. The predicted octanol–water partition coefficient (Wildman–Crippen LogP) is 3.18. The highest BCUT2D eigenvalue weighted by Crippen LogP contribution is 2.29. The van der Waals surface area contributed by atoms with Crippen LogP contribution in [-0.4, -0.2) is 6.54 Å². The molecule has 2 rings (SSSR count). The Morgan fingerprint density at radius 1 is 1.29 bits per heavy atom. The van der Waals surface area contributed by atoms with Crippen molar-refractivity contribution in [1.29, 1.82) is 0 Å². The molecule has 0 bridgehead atoms. The highest BCUT2D eigenvalue weighted by atomic mass is 79.9. The van der Waals surface area contributed by atoms with E-state index >= 15 is 0 Å². The van der Waals surface area contributed by atoms with E-state index in [4.69, 9.17) is 0 Å². The van der Waals surface area contributed by atoms with Crippen molar-refractivity contribution < 1.29 is 8.78 Å². The molecule has 0 radical (unpaired) electrons. The Balaban J connectivity index is 0.000000980. The first-order valence-electron chi connectivity index (χ1n) is 4.06. The molecule has 0 spiro atoms. The van der Waals surface area contributed by atoms with E-state index < -0.39 is 11.6 Å². The number of hydrogen-bond donors (Lipinski definition) is 1. The third kappa shape index (κ3) is 2.07. The number of benzene rings is 1. The van der Waals surface area contributed by atoms with Crippen LogP contribution in [0.2, 0.25) is 0 Å². The Bertz CT molecular complexity index is 319. The fourth-order valence-corrected chi connectivity index (χ4v) is 1.82. The minimum atomic E-state index is -0.482. The molecule has 0 amide bonds. The van der Waals surface area contributed by atoms with Gasteiger partial charge in [0.05, 0.1) is 0 Å². The summed E-state index contributed by atoms with van der Waals surface area (Å²) in [6.45, 7) is 0.833. The second-order valence-electron chi connectivity index (χ2n) is 3.08. The molecule has 5 heteroatoms. The van der Waals surface area contributed by atoms with Crippen molar-refractivity contribution in [2.75, 3.05) is 6.54 Å². The van der Waals surface area contributed by atoms with Crippen LogP contribution in [-0.2, 0) is 0 Å². The molecule has 1 aromatic carbocycles. The Labute approximate surface area is 95.4 Å². The van der Waals surface area contributed by atoms with Crippen LogP contribution in [0, 0.1) is 11.6 Å². The summed E-state index contributed by atoms with van der Waals surface area (Å²) in [5.41, 5.74) is 0.162. The average molecular weight is 285 g/mol. The molecule has 0 aromatic heterocycles. The molecule has 1 aromatic rings. The monoisotopic (exact) mass is 283 g/mol. The summed E-state index contributed by atoms with van der Waals surface area (Å²) in [6, 6.07) is 2.43. The SMILES string of the molecule is Cl.Fc1cc(Br)cc(F)c1[C@H]1CCN1. The zero-order valence-corrected chi connectivity index (χ0v) is 9.59. The Morgan fingerprint density at radius 3 is 2.14 bits per heavy atom. The molecule has 14 heavy (non-hydrogen) atoms. The van der Waals surface area contributed by atoms with Crippen molar-refractivity contribution in [3.63, 3.8) is 0 Å². The van der Waals surface area contributed by atoms with Crippen LogP contribution >= 0.6 is 28.3 Å². The second kappa shape index (κ2) is 4.55. The van der Waals surface area contributed by atoms with Crippen molar-refractivity contribution in [3.8, 4) is 0 Å². The molecule has 1 N–H and O–H groups in total. The van der Waals surface area contributed by atoms with E-state index in [1.807, 2.05) is 0 Å². The average Bonchev–Trinajstić information content (AvgIpc) is 1.92. The van der Waals surface area contributed by atoms with Crippen LogP contribution in [0.1, 0.15) is 18.0 Å². The molecule has 78 valence electrons. The molecule has 0 aliphatic carbocycles. The van der Waals surface area contributed by atoms with Gasteiger partial charge in [0.2, 0.25) is 0 Å². The van der Waals surface area contributed by atoms with Gasteiger partial charge in [0, 0.05) is 16.1 Å². The first-order chi connectivity index (χ1) is 6.18. The number of rotatable bonds is 1. The molecule has 1 atom stereocenters. The summed E-state index contributed by atoms with van der Waals surface area (Å²) >= 11 is 3.04. The third-order valence-corrected chi connectivity index (χ3v) is 2.67. The van der Waals surface area contributed by atoms with Crippen molar-refractivity contribution in [3.05, 3.63) is 33.8 Å². The molecule has 1 heterocycles. The van der Waals surface area contributed by atoms with Gasteiger partial charge in [0.1, 0.15) is 11.6 Å². The summed E-state index contributed by atoms with van der Waals surface area (Å²) < 4.78 is 27.0. The number of halogens is 4. The van der Waals surface area contributed by atoms with Gasteiger partial charge in [0.25, 0.3) is 0 Å². The van der Waals surface area contributed by atoms with Crippen LogP contribution in [0.15, 0.2) is 16.6 Å². The van der Waals surface area contributed by atoms with E-state index in [-0.39, 0.29) is 24.0 Å². The molecule has 1 nitrogen and oxygen atoms in total. The van der Waals surface area contributed by atoms with Gasteiger partial charge in [-0.25, -0.2) is 8.78 Å². The van der Waals surface area contributed by atoms with Crippen LogP contribution in [0.4, 0.5) is 8.78 Å². The minimum absolute atomic E-state index is 0. The highest BCUT2D eigenvalue weighted by Gasteiger charge is 2.25. The Kier molecular flexibility index (Phi) is 3.86. The molecular weight excluding hydrogens is 275 g/mol. The van der Waals surface area contributed by atoms with E-state index in [9.17, 15) is 8.78 Å². The van der Waals surface area contributed by atoms with Crippen molar-refractivity contribution in [2.45, 2.75) is 12.5 Å². The van der Waals surface area contributed by atoms with Crippen LogP contribution in [0.5, 0.6) is 0 Å². The molecule has 1 saturated heterocycles. The van der Waals surface area contributed by atoms with Gasteiger partial charge in [-0.15, -0.1) is 12.4 Å². The molecule has 1 aliphatic heterocycles. The van der Waals surface area contributed by atoms with E-state index in [0.717, 1.165) is 13.0 Å². The first-order valence-corrected chi connectivity index (χ1v) is 4.85. The predicted molar refractivity (Wildman–Crippen MR) is 56.7 cm³/mol. The summed E-state index contributed by atoms with van der Waals surface area (Å²) in [7, 11) is 0. The van der Waals surface area contributed by atoms with Gasteiger partial charge in [-0.05, 0) is 25.1 Å². The maximum absolute atomic E-state index is 13.3. The zero-order valence-electron chi connectivity index (χ0n) is 7.19. The molecule has 1 aliphatic rings. The Hall–Kier alpha value is -0.190. The van der Waals surface area contributed by atoms with E-state index in [1.54, 1.807) is 0 Å². The van der Waals surface area contributed by atoms with Gasteiger partial charge >= 0.3 is 0 Å². The summed E-state index contributed by atoms with van der Waals surface area (Å²) in [5.74, 6) is -0.965. The normalized spacial score (nSPS) is 19.8. The maximum atomic E-state index is 13.3. The van der Waals surface area contributed by atoms with Gasteiger partial charge in [-0.3, -0.25) is 0 Å². The van der Waals surface area contributed by atoms with Crippen LogP contribution in [0.25, 0.3) is 0 Å². The first kappa shape index (κ1) is 11.9. The van der Waals surface area contributed by atoms with Gasteiger partial charge < -0.3 is 5.32 Å². The zero-order chi connectivity index (χ0) is 9.42. The molecule has 0 unspecified atom stereocenters. The van der Waals surface area contributed by atoms with Gasteiger partial charge in [0.15, 0.2) is 0 Å². The smallest absolute Gasteiger partial charge is 0.132 e. The Morgan fingerprint density at radius 2 is 1.79 bits per heavy atom. The van der Waals surface area contributed by atoms with Gasteiger partial charge in [-0.1, -0.05) is 15.9 Å². The summed E-state index contributed by atoms with van der Waals surface area (Å²) in [5, 5.41) is 2.97. The molecule has 1 fully saturated rings. The number of nitrogens with one attached hydrogen (secondary N) is 1. The second-order valence-corrected chi connectivity index (χ2v) is 3.99. The van der Waals surface area contributed by atoms with E-state index in [1.165, 1.54) is 12.1 Å². The lowest BCUT2D eigenvalue weighted by atomic mass is 9.97. The fraction of sp³-hybridized carbons (Fsp3) is 0.333. The van der Waals surface area contributed by atoms with Gasteiger partial charge in [-0.2, -0.15) is 0 Å². The summed E-state index contributed by atoms with van der Waals surface area (Å²) in [4.78, 5) is 0. The largest absolute Gasteiger partial charge is 0.310 e. The lowest BCUT2D eigenvalue weighted by Crippen LogP contribution is -2.36. The number of hydrogen-bond acceptors (Lipinski definition) is 1. The maximum Gasteiger partial charge on any atom is 0.132 e. The third-order valence-electron chi connectivity index (χ3n) is 2.22. The van der Waals surface area contributed by atoms with Crippen LogP contribution < -0.4 is 5.32 Å². The fourth-order valence-electron chi connectivity index (χ4n) is 1.42. The molecule has 0 saturated carbocycles. The quantitative estimate of drug-likeness (QED) is 0.835. The standard InChI is InChI=1S/C9H8BrF2N.ClH/c10-5-3-6(11)9(7(12)4-5)8-1-2-13-8;/h3-4,8,13H,1-2H2;1H/t8-;/m1./s1. The van der Waals surface area contributed by atoms with E-state index in [0.29, 0.717) is 4.47 Å². The molecular formula is C9H9BrClF2N.